The summed E-state index contributed by atoms with van der Waals surface area (Å²) in [4.78, 5) is 13.2. The Balaban J connectivity index is 2.13. The Morgan fingerprint density at radius 2 is 1.45 bits per heavy atom. The van der Waals surface area contributed by atoms with E-state index in [1.54, 1.807) is 24.3 Å². The van der Waals surface area contributed by atoms with Crippen molar-refractivity contribution in [1.82, 2.24) is 0 Å². The average Bonchev–Trinajstić information content (AvgIpc) is 2.77. The smallest absolute Gasteiger partial charge is 0.257 e. The van der Waals surface area contributed by atoms with Gasteiger partial charge in [0.2, 0.25) is 10.0 Å². The van der Waals surface area contributed by atoms with E-state index >= 15 is 0 Å². The summed E-state index contributed by atoms with van der Waals surface area (Å²) in [5.41, 5.74) is 1.69. The quantitative estimate of drug-likeness (QED) is 0.574. The number of hydrogen-bond acceptors (Lipinski definition) is 5. The predicted molar refractivity (Wildman–Crippen MR) is 121 cm³/mol. The first kappa shape index (κ1) is 22.2. The van der Waals surface area contributed by atoms with E-state index in [1.165, 1.54) is 30.7 Å². The maximum Gasteiger partial charge on any atom is 0.257 e. The van der Waals surface area contributed by atoms with Crippen LogP contribution in [0.1, 0.15) is 15.9 Å². The minimum absolute atomic E-state index is 0.0563. The molecule has 0 spiro atoms. The molecule has 0 bridgehead atoms. The fourth-order valence-electron chi connectivity index (χ4n) is 3.11. The standard InChI is InChI=1S/C23H24N2O5S/c1-29-21-14-19(23(26)24-18-12-8-5-9-13-18)20(15-22(21)30-2)25(31(3,27)28)16-17-10-6-4-7-11-17/h4-15H,16H2,1-3H3,(H,24,26). The molecule has 8 heteroatoms. The summed E-state index contributed by atoms with van der Waals surface area (Å²) in [5, 5.41) is 2.80. The molecular weight excluding hydrogens is 416 g/mol. The molecule has 0 aliphatic heterocycles. The molecule has 162 valence electrons. The van der Waals surface area contributed by atoms with Gasteiger partial charge in [-0.2, -0.15) is 0 Å². The van der Waals surface area contributed by atoms with Crippen molar-refractivity contribution in [2.75, 3.05) is 30.1 Å². The zero-order valence-electron chi connectivity index (χ0n) is 17.5. The van der Waals surface area contributed by atoms with E-state index in [-0.39, 0.29) is 17.8 Å². The lowest BCUT2D eigenvalue weighted by Crippen LogP contribution is -2.31. The Hall–Kier alpha value is -3.52. The first-order valence-electron chi connectivity index (χ1n) is 9.47. The van der Waals surface area contributed by atoms with Crippen LogP contribution in [-0.4, -0.2) is 34.8 Å². The van der Waals surface area contributed by atoms with E-state index in [0.717, 1.165) is 11.8 Å². The molecule has 0 aliphatic carbocycles. The highest BCUT2D eigenvalue weighted by Gasteiger charge is 2.26. The number of carbonyl (C=O) groups excluding carboxylic acids is 1. The third kappa shape index (κ3) is 5.35. The van der Waals surface area contributed by atoms with Gasteiger partial charge in [0.15, 0.2) is 11.5 Å². The number of nitrogens with one attached hydrogen (secondary N) is 1. The van der Waals surface area contributed by atoms with Gasteiger partial charge >= 0.3 is 0 Å². The van der Waals surface area contributed by atoms with Crippen molar-refractivity contribution >= 4 is 27.3 Å². The molecule has 0 atom stereocenters. The molecule has 0 aliphatic rings. The number of para-hydroxylation sites is 1. The third-order valence-electron chi connectivity index (χ3n) is 4.62. The maximum absolute atomic E-state index is 13.2. The number of sulfonamides is 1. The molecule has 0 heterocycles. The molecular formula is C23H24N2O5S. The number of methoxy groups -OCH3 is 2. The van der Waals surface area contributed by atoms with Gasteiger partial charge in [0.1, 0.15) is 0 Å². The van der Waals surface area contributed by atoms with Crippen molar-refractivity contribution in [3.8, 4) is 11.5 Å². The van der Waals surface area contributed by atoms with Crippen molar-refractivity contribution in [2.45, 2.75) is 6.54 Å². The Kier molecular flexibility index (Phi) is 6.81. The van der Waals surface area contributed by atoms with Crippen LogP contribution < -0.4 is 19.1 Å². The first-order chi connectivity index (χ1) is 14.8. The number of hydrogen-bond donors (Lipinski definition) is 1. The minimum Gasteiger partial charge on any atom is -0.493 e. The molecule has 31 heavy (non-hydrogen) atoms. The lowest BCUT2D eigenvalue weighted by molar-refractivity contribution is 0.102. The fourth-order valence-corrected chi connectivity index (χ4v) is 4.00. The maximum atomic E-state index is 13.2. The Bertz CT molecular complexity index is 1150. The van der Waals surface area contributed by atoms with Crippen molar-refractivity contribution in [3.63, 3.8) is 0 Å². The lowest BCUT2D eigenvalue weighted by atomic mass is 10.1. The molecule has 7 nitrogen and oxygen atoms in total. The SMILES string of the molecule is COc1cc(C(=O)Nc2ccccc2)c(N(Cc2ccccc2)S(C)(=O)=O)cc1OC. The van der Waals surface area contributed by atoms with Crippen LogP contribution in [0.25, 0.3) is 0 Å². The van der Waals surface area contributed by atoms with Crippen LogP contribution in [-0.2, 0) is 16.6 Å². The fraction of sp³-hybridized carbons (Fsp3) is 0.174. The van der Waals surface area contributed by atoms with E-state index in [1.807, 2.05) is 36.4 Å². The second-order valence-corrected chi connectivity index (χ2v) is 8.71. The summed E-state index contributed by atoms with van der Waals surface area (Å²) < 4.78 is 37.4. The molecule has 3 aromatic rings. The van der Waals surface area contributed by atoms with Crippen LogP contribution in [0.5, 0.6) is 11.5 Å². The Morgan fingerprint density at radius 3 is 2.00 bits per heavy atom. The van der Waals surface area contributed by atoms with Gasteiger partial charge in [-0.1, -0.05) is 48.5 Å². The summed E-state index contributed by atoms with van der Waals surface area (Å²) in [5.74, 6) is 0.164. The van der Waals surface area contributed by atoms with Crippen molar-refractivity contribution in [1.29, 1.82) is 0 Å². The Morgan fingerprint density at radius 1 is 0.903 bits per heavy atom. The van der Waals surface area contributed by atoms with Gasteiger partial charge in [0, 0.05) is 11.8 Å². The van der Waals surface area contributed by atoms with Crippen LogP contribution in [0.3, 0.4) is 0 Å². The van der Waals surface area contributed by atoms with Crippen LogP contribution in [0.2, 0.25) is 0 Å². The molecule has 0 saturated carbocycles. The molecule has 0 aromatic heterocycles. The van der Waals surface area contributed by atoms with Crippen molar-refractivity contribution in [2.24, 2.45) is 0 Å². The molecule has 0 unspecified atom stereocenters. The van der Waals surface area contributed by atoms with Crippen LogP contribution >= 0.6 is 0 Å². The second kappa shape index (κ2) is 9.53. The topological polar surface area (TPSA) is 84.9 Å². The van der Waals surface area contributed by atoms with Crippen LogP contribution in [0.15, 0.2) is 72.8 Å². The van der Waals surface area contributed by atoms with Crippen molar-refractivity contribution < 1.29 is 22.7 Å². The third-order valence-corrected chi connectivity index (χ3v) is 5.74. The van der Waals surface area contributed by atoms with E-state index in [2.05, 4.69) is 5.32 Å². The lowest BCUT2D eigenvalue weighted by Gasteiger charge is -2.26. The predicted octanol–water partition coefficient (Wildman–Crippen LogP) is 3.92. The molecule has 0 fully saturated rings. The van der Waals surface area contributed by atoms with Gasteiger partial charge < -0.3 is 14.8 Å². The summed E-state index contributed by atoms with van der Waals surface area (Å²) in [6.45, 7) is 0.0563. The number of carbonyl (C=O) groups is 1. The number of ether oxygens (including phenoxy) is 2. The van der Waals surface area contributed by atoms with Crippen molar-refractivity contribution in [3.05, 3.63) is 83.9 Å². The highest BCUT2D eigenvalue weighted by atomic mass is 32.2. The number of benzene rings is 3. The largest absolute Gasteiger partial charge is 0.493 e. The summed E-state index contributed by atoms with van der Waals surface area (Å²) in [6, 6.07) is 21.1. The highest BCUT2D eigenvalue weighted by Crippen LogP contribution is 2.37. The first-order valence-corrected chi connectivity index (χ1v) is 11.3. The number of rotatable bonds is 8. The summed E-state index contributed by atoms with van der Waals surface area (Å²) >= 11 is 0. The van der Waals surface area contributed by atoms with Crippen LogP contribution in [0, 0.1) is 0 Å². The average molecular weight is 441 g/mol. The van der Waals surface area contributed by atoms with E-state index in [9.17, 15) is 13.2 Å². The summed E-state index contributed by atoms with van der Waals surface area (Å²) in [6.07, 6.45) is 1.10. The van der Waals surface area contributed by atoms with Crippen LogP contribution in [0.4, 0.5) is 11.4 Å². The van der Waals surface area contributed by atoms with Gasteiger partial charge in [-0.15, -0.1) is 0 Å². The normalized spacial score (nSPS) is 10.9. The number of amides is 1. The highest BCUT2D eigenvalue weighted by molar-refractivity contribution is 7.92. The molecule has 1 N–H and O–H groups in total. The van der Waals surface area contributed by atoms with Gasteiger partial charge in [-0.05, 0) is 23.8 Å². The Labute approximate surface area is 182 Å². The van der Waals surface area contributed by atoms with Gasteiger partial charge in [-0.25, -0.2) is 8.42 Å². The summed E-state index contributed by atoms with van der Waals surface area (Å²) in [7, 11) is -0.828. The van der Waals surface area contributed by atoms with E-state index in [4.69, 9.17) is 9.47 Å². The number of nitrogens with zero attached hydrogens (tertiary/aromatic N) is 1. The monoisotopic (exact) mass is 440 g/mol. The van der Waals surface area contributed by atoms with Gasteiger partial charge in [0.05, 0.1) is 38.3 Å². The molecule has 3 rings (SSSR count). The molecule has 0 saturated heterocycles. The molecule has 0 radical (unpaired) electrons. The minimum atomic E-state index is -3.73. The van der Waals surface area contributed by atoms with Gasteiger partial charge in [0.25, 0.3) is 5.91 Å². The van der Waals surface area contributed by atoms with Gasteiger partial charge in [-0.3, -0.25) is 9.10 Å². The zero-order valence-corrected chi connectivity index (χ0v) is 18.3. The van der Waals surface area contributed by atoms with E-state index in [0.29, 0.717) is 17.2 Å². The second-order valence-electron chi connectivity index (χ2n) is 6.80. The number of anilines is 2. The molecule has 1 amide bonds. The molecule has 3 aromatic carbocycles. The van der Waals surface area contributed by atoms with E-state index < -0.39 is 15.9 Å². The zero-order chi connectivity index (χ0) is 22.4.